The van der Waals surface area contributed by atoms with Gasteiger partial charge in [-0.2, -0.15) is 5.26 Å². The number of nitrogens with zero attached hydrogens (tertiary/aromatic N) is 3. The van der Waals surface area contributed by atoms with Crippen LogP contribution in [0, 0.1) is 11.3 Å². The summed E-state index contributed by atoms with van der Waals surface area (Å²) in [4.78, 5) is 4.65. The largest absolute Gasteiger partial charge is 0.301 e. The van der Waals surface area contributed by atoms with Crippen molar-refractivity contribution < 1.29 is 0 Å². The van der Waals surface area contributed by atoms with Gasteiger partial charge in [-0.05, 0) is 31.5 Å². The molecule has 19 heavy (non-hydrogen) atoms. The van der Waals surface area contributed by atoms with Gasteiger partial charge in [0.2, 0.25) is 0 Å². The van der Waals surface area contributed by atoms with Crippen LogP contribution in [0.25, 0.3) is 0 Å². The fraction of sp³-hybridized carbons (Fsp3) is 0.562. The average Bonchev–Trinajstić information content (AvgIpc) is 2.44. The van der Waals surface area contributed by atoms with Crippen molar-refractivity contribution in [2.75, 3.05) is 26.7 Å². The number of piperazine rings is 1. The van der Waals surface area contributed by atoms with Gasteiger partial charge in [0.15, 0.2) is 0 Å². The molecule has 0 spiro atoms. The zero-order valence-corrected chi connectivity index (χ0v) is 12.1. The maximum atomic E-state index is 9.51. The van der Waals surface area contributed by atoms with Crippen LogP contribution in [0.1, 0.15) is 31.0 Å². The summed E-state index contributed by atoms with van der Waals surface area (Å²) in [6.07, 6.45) is 1.04. The Kier molecular flexibility index (Phi) is 4.57. The van der Waals surface area contributed by atoms with Gasteiger partial charge in [0, 0.05) is 25.7 Å². The monoisotopic (exact) mass is 257 g/mol. The van der Waals surface area contributed by atoms with Crippen LogP contribution in [0.4, 0.5) is 0 Å². The number of rotatable bonds is 3. The molecule has 2 rings (SSSR count). The Morgan fingerprint density at radius 1 is 1.32 bits per heavy atom. The number of aryl methyl sites for hydroxylation is 1. The second-order valence-corrected chi connectivity index (χ2v) is 5.45. The van der Waals surface area contributed by atoms with Gasteiger partial charge in [-0.15, -0.1) is 0 Å². The lowest BCUT2D eigenvalue weighted by atomic mass is 10.0. The molecule has 3 heteroatoms. The first-order chi connectivity index (χ1) is 9.15. The Bertz CT molecular complexity index is 446. The van der Waals surface area contributed by atoms with Crippen molar-refractivity contribution in [2.24, 2.45) is 0 Å². The van der Waals surface area contributed by atoms with Gasteiger partial charge in [0.1, 0.15) is 6.04 Å². The van der Waals surface area contributed by atoms with E-state index in [9.17, 15) is 5.26 Å². The summed E-state index contributed by atoms with van der Waals surface area (Å²) < 4.78 is 0. The van der Waals surface area contributed by atoms with E-state index in [-0.39, 0.29) is 6.04 Å². The fourth-order valence-corrected chi connectivity index (χ4v) is 2.61. The standard InChI is InChI=1S/C16H23N3/c1-4-14-5-7-15(8-6-14)16(11-17)19-10-9-18(3)13(2)12-19/h5-8,13,16H,4,9-10,12H2,1-3H3. The molecule has 2 atom stereocenters. The Hall–Kier alpha value is -1.37. The maximum Gasteiger partial charge on any atom is 0.123 e. The normalized spacial score (nSPS) is 22.9. The molecular formula is C16H23N3. The molecule has 1 fully saturated rings. The highest BCUT2D eigenvalue weighted by molar-refractivity contribution is 5.28. The van der Waals surface area contributed by atoms with E-state index < -0.39 is 0 Å². The van der Waals surface area contributed by atoms with Crippen molar-refractivity contribution in [3.63, 3.8) is 0 Å². The predicted molar refractivity (Wildman–Crippen MR) is 77.8 cm³/mol. The first kappa shape index (κ1) is 14.0. The van der Waals surface area contributed by atoms with Crippen LogP contribution in [0.5, 0.6) is 0 Å². The molecule has 0 aliphatic carbocycles. The molecular weight excluding hydrogens is 234 g/mol. The van der Waals surface area contributed by atoms with Crippen molar-refractivity contribution in [3.8, 4) is 6.07 Å². The lowest BCUT2D eigenvalue weighted by molar-refractivity contribution is 0.0881. The van der Waals surface area contributed by atoms with Gasteiger partial charge < -0.3 is 4.90 Å². The van der Waals surface area contributed by atoms with Gasteiger partial charge in [0.05, 0.1) is 6.07 Å². The Balaban J connectivity index is 2.13. The van der Waals surface area contributed by atoms with E-state index in [4.69, 9.17) is 0 Å². The third-order valence-corrected chi connectivity index (χ3v) is 4.18. The van der Waals surface area contributed by atoms with Crippen molar-refractivity contribution in [3.05, 3.63) is 35.4 Å². The molecule has 0 radical (unpaired) electrons. The van der Waals surface area contributed by atoms with Crippen LogP contribution in [0.3, 0.4) is 0 Å². The third kappa shape index (κ3) is 3.15. The zero-order valence-electron chi connectivity index (χ0n) is 12.1. The minimum Gasteiger partial charge on any atom is -0.301 e. The van der Waals surface area contributed by atoms with Crippen LogP contribution in [0.2, 0.25) is 0 Å². The van der Waals surface area contributed by atoms with E-state index in [1.54, 1.807) is 0 Å². The molecule has 1 aromatic rings. The van der Waals surface area contributed by atoms with Gasteiger partial charge in [-0.3, -0.25) is 4.90 Å². The molecule has 2 unspecified atom stereocenters. The summed E-state index contributed by atoms with van der Waals surface area (Å²) in [6.45, 7) is 7.34. The number of hydrogen-bond donors (Lipinski definition) is 0. The van der Waals surface area contributed by atoms with Crippen LogP contribution in [-0.2, 0) is 6.42 Å². The van der Waals surface area contributed by atoms with Crippen molar-refractivity contribution >= 4 is 0 Å². The molecule has 1 aliphatic heterocycles. The van der Waals surface area contributed by atoms with Crippen LogP contribution in [-0.4, -0.2) is 42.5 Å². The zero-order chi connectivity index (χ0) is 13.8. The summed E-state index contributed by atoms with van der Waals surface area (Å²) in [5.74, 6) is 0. The number of likely N-dealkylation sites (N-methyl/N-ethyl adjacent to an activating group) is 1. The van der Waals surface area contributed by atoms with E-state index in [2.05, 4.69) is 61.0 Å². The number of hydrogen-bond acceptors (Lipinski definition) is 3. The Morgan fingerprint density at radius 2 is 2.00 bits per heavy atom. The third-order valence-electron chi connectivity index (χ3n) is 4.18. The summed E-state index contributed by atoms with van der Waals surface area (Å²) >= 11 is 0. The quantitative estimate of drug-likeness (QED) is 0.833. The van der Waals surface area contributed by atoms with Gasteiger partial charge in [-0.1, -0.05) is 31.2 Å². The highest BCUT2D eigenvalue weighted by Crippen LogP contribution is 2.23. The van der Waals surface area contributed by atoms with E-state index in [0.717, 1.165) is 31.6 Å². The van der Waals surface area contributed by atoms with Crippen LogP contribution in [0.15, 0.2) is 24.3 Å². The SMILES string of the molecule is CCc1ccc(C(C#N)N2CCN(C)C(C)C2)cc1. The molecule has 0 saturated carbocycles. The summed E-state index contributed by atoms with van der Waals surface area (Å²) in [7, 11) is 2.15. The summed E-state index contributed by atoms with van der Waals surface area (Å²) in [5.41, 5.74) is 2.45. The number of benzene rings is 1. The highest BCUT2D eigenvalue weighted by atomic mass is 15.3. The molecule has 0 bridgehead atoms. The average molecular weight is 257 g/mol. The maximum absolute atomic E-state index is 9.51. The van der Waals surface area contributed by atoms with Crippen molar-refractivity contribution in [1.29, 1.82) is 5.26 Å². The molecule has 102 valence electrons. The molecule has 3 nitrogen and oxygen atoms in total. The van der Waals surface area contributed by atoms with Crippen LogP contribution >= 0.6 is 0 Å². The van der Waals surface area contributed by atoms with Gasteiger partial charge in [-0.25, -0.2) is 0 Å². The van der Waals surface area contributed by atoms with Crippen LogP contribution < -0.4 is 0 Å². The topological polar surface area (TPSA) is 30.3 Å². The van der Waals surface area contributed by atoms with Crippen molar-refractivity contribution in [1.82, 2.24) is 9.80 Å². The fourth-order valence-electron chi connectivity index (χ4n) is 2.61. The first-order valence-corrected chi connectivity index (χ1v) is 7.08. The lowest BCUT2D eigenvalue weighted by Crippen LogP contribution is -2.50. The lowest BCUT2D eigenvalue weighted by Gasteiger charge is -2.39. The Morgan fingerprint density at radius 3 is 2.53 bits per heavy atom. The molecule has 0 amide bonds. The van der Waals surface area contributed by atoms with Gasteiger partial charge in [0.25, 0.3) is 0 Å². The number of nitriles is 1. The van der Waals surface area contributed by atoms with Gasteiger partial charge >= 0.3 is 0 Å². The molecule has 1 heterocycles. The minimum atomic E-state index is -0.109. The van der Waals surface area contributed by atoms with Crippen molar-refractivity contribution in [2.45, 2.75) is 32.4 Å². The second kappa shape index (κ2) is 6.18. The summed E-state index contributed by atoms with van der Waals surface area (Å²) in [6, 6.07) is 11.4. The molecule has 1 aliphatic rings. The smallest absolute Gasteiger partial charge is 0.123 e. The molecule has 0 N–H and O–H groups in total. The predicted octanol–water partition coefficient (Wildman–Crippen LogP) is 2.45. The second-order valence-electron chi connectivity index (χ2n) is 5.45. The molecule has 1 aromatic carbocycles. The molecule has 1 saturated heterocycles. The summed E-state index contributed by atoms with van der Waals surface area (Å²) in [5, 5.41) is 9.51. The molecule has 0 aromatic heterocycles. The highest BCUT2D eigenvalue weighted by Gasteiger charge is 2.27. The minimum absolute atomic E-state index is 0.109. The van der Waals surface area contributed by atoms with E-state index >= 15 is 0 Å². The van der Waals surface area contributed by atoms with E-state index in [1.807, 2.05) is 0 Å². The Labute approximate surface area is 116 Å². The first-order valence-electron chi connectivity index (χ1n) is 7.08. The van der Waals surface area contributed by atoms with E-state index in [1.165, 1.54) is 5.56 Å². The van der Waals surface area contributed by atoms with E-state index in [0.29, 0.717) is 6.04 Å².